The third kappa shape index (κ3) is 3.88. The number of hydrogen-bond acceptors (Lipinski definition) is 4. The first-order chi connectivity index (χ1) is 11.3. The number of carbonyl (C=O) groups excluding carboxylic acids is 1. The molecule has 24 heavy (non-hydrogen) atoms. The minimum absolute atomic E-state index is 0.0500. The van der Waals surface area contributed by atoms with Gasteiger partial charge in [-0.25, -0.2) is 8.42 Å². The molecule has 0 aliphatic heterocycles. The van der Waals surface area contributed by atoms with Crippen LogP contribution in [-0.4, -0.2) is 28.0 Å². The van der Waals surface area contributed by atoms with Crippen LogP contribution in [0.4, 0.5) is 5.69 Å². The number of esters is 1. The zero-order valence-electron chi connectivity index (χ0n) is 13.6. The van der Waals surface area contributed by atoms with Crippen molar-refractivity contribution in [2.75, 3.05) is 18.0 Å². The molecule has 0 heterocycles. The molecule has 0 radical (unpaired) electrons. The van der Waals surface area contributed by atoms with Gasteiger partial charge in [0.15, 0.2) is 0 Å². The zero-order chi connectivity index (χ0) is 17.9. The molecule has 5 nitrogen and oxygen atoms in total. The summed E-state index contributed by atoms with van der Waals surface area (Å²) in [6, 6.07) is 11.0. The fourth-order valence-electron chi connectivity index (χ4n) is 2.11. The van der Waals surface area contributed by atoms with Gasteiger partial charge in [0.2, 0.25) is 0 Å². The molecule has 0 spiro atoms. The van der Waals surface area contributed by atoms with Crippen LogP contribution in [-0.2, 0) is 19.6 Å². The number of hydrogen-bond donors (Lipinski definition) is 0. The van der Waals surface area contributed by atoms with Crippen molar-refractivity contribution in [3.05, 3.63) is 58.6 Å². The second-order valence-electron chi connectivity index (χ2n) is 5.31. The van der Waals surface area contributed by atoms with Crippen LogP contribution in [0.2, 0.25) is 5.02 Å². The van der Waals surface area contributed by atoms with Crippen LogP contribution in [0.25, 0.3) is 0 Å². The lowest BCUT2D eigenvalue weighted by Crippen LogP contribution is -2.36. The lowest BCUT2D eigenvalue weighted by molar-refractivity contribution is -0.138. The molecular weight excluding hydrogens is 350 g/mol. The molecule has 0 aliphatic carbocycles. The number of nitrogens with zero attached hydrogens (tertiary/aromatic N) is 1. The zero-order valence-corrected chi connectivity index (χ0v) is 15.2. The topological polar surface area (TPSA) is 63.7 Å². The van der Waals surface area contributed by atoms with Crippen LogP contribution in [0.1, 0.15) is 11.1 Å². The van der Waals surface area contributed by atoms with E-state index in [-0.39, 0.29) is 4.90 Å². The average molecular weight is 368 g/mol. The van der Waals surface area contributed by atoms with Crippen molar-refractivity contribution in [1.29, 1.82) is 0 Å². The second kappa shape index (κ2) is 7.23. The van der Waals surface area contributed by atoms with E-state index in [0.29, 0.717) is 10.7 Å². The van der Waals surface area contributed by atoms with Gasteiger partial charge in [-0.3, -0.25) is 9.10 Å². The quantitative estimate of drug-likeness (QED) is 0.760. The Morgan fingerprint density at radius 1 is 1.08 bits per heavy atom. The van der Waals surface area contributed by atoms with E-state index in [0.717, 1.165) is 15.4 Å². The van der Waals surface area contributed by atoms with Crippen LogP contribution in [0.15, 0.2) is 47.4 Å². The fraction of sp³-hybridized carbons (Fsp3) is 0.235. The van der Waals surface area contributed by atoms with E-state index in [1.54, 1.807) is 12.1 Å². The van der Waals surface area contributed by atoms with Crippen molar-refractivity contribution in [2.45, 2.75) is 18.7 Å². The summed E-state index contributed by atoms with van der Waals surface area (Å²) in [6.45, 7) is 3.39. The van der Waals surface area contributed by atoms with Gasteiger partial charge in [0.1, 0.15) is 6.54 Å². The molecule has 128 valence electrons. The second-order valence-corrected chi connectivity index (χ2v) is 7.61. The number of ether oxygens (including phenoxy) is 1. The summed E-state index contributed by atoms with van der Waals surface area (Å²) < 4.78 is 31.6. The number of aryl methyl sites for hydroxylation is 2. The number of rotatable bonds is 5. The van der Waals surface area contributed by atoms with E-state index < -0.39 is 22.5 Å². The van der Waals surface area contributed by atoms with Crippen LogP contribution < -0.4 is 4.31 Å². The summed E-state index contributed by atoms with van der Waals surface area (Å²) in [5.74, 6) is -0.647. The number of sulfonamides is 1. The van der Waals surface area contributed by atoms with Crippen LogP contribution >= 0.6 is 11.6 Å². The highest BCUT2D eigenvalue weighted by atomic mass is 35.5. The van der Waals surface area contributed by atoms with E-state index >= 15 is 0 Å². The fourth-order valence-corrected chi connectivity index (χ4v) is 3.64. The first-order valence-electron chi connectivity index (χ1n) is 7.18. The predicted octanol–water partition coefficient (Wildman–Crippen LogP) is 3.33. The Kier molecular flexibility index (Phi) is 5.51. The van der Waals surface area contributed by atoms with Gasteiger partial charge in [-0.15, -0.1) is 0 Å². The van der Waals surface area contributed by atoms with Crippen molar-refractivity contribution in [2.24, 2.45) is 0 Å². The summed E-state index contributed by atoms with van der Waals surface area (Å²) >= 11 is 5.82. The van der Waals surface area contributed by atoms with Gasteiger partial charge in [-0.1, -0.05) is 17.7 Å². The summed E-state index contributed by atoms with van der Waals surface area (Å²) in [5.41, 5.74) is 2.35. The molecule has 0 unspecified atom stereocenters. The summed E-state index contributed by atoms with van der Waals surface area (Å²) in [6.07, 6.45) is 0. The van der Waals surface area contributed by atoms with Gasteiger partial charge < -0.3 is 4.74 Å². The Morgan fingerprint density at radius 3 is 2.25 bits per heavy atom. The van der Waals surface area contributed by atoms with E-state index in [1.807, 2.05) is 19.9 Å². The maximum absolute atomic E-state index is 13.0. The maximum Gasteiger partial charge on any atom is 0.326 e. The van der Waals surface area contributed by atoms with Crippen molar-refractivity contribution >= 4 is 33.3 Å². The number of anilines is 1. The summed E-state index contributed by atoms with van der Waals surface area (Å²) in [4.78, 5) is 11.8. The monoisotopic (exact) mass is 367 g/mol. The first kappa shape index (κ1) is 18.3. The first-order valence-corrected chi connectivity index (χ1v) is 9.00. The lowest BCUT2D eigenvalue weighted by Gasteiger charge is -2.24. The standard InChI is InChI=1S/C17H18ClNO4S/c1-12-4-7-15(10-13(12)2)19(11-17(20)23-3)24(21,22)16-8-5-14(18)6-9-16/h4-10H,11H2,1-3H3. The highest BCUT2D eigenvalue weighted by Crippen LogP contribution is 2.26. The molecular formula is C17H18ClNO4S. The Hall–Kier alpha value is -2.05. The SMILES string of the molecule is COC(=O)CN(c1ccc(C)c(C)c1)S(=O)(=O)c1ccc(Cl)cc1. The predicted molar refractivity (Wildman–Crippen MR) is 93.9 cm³/mol. The Labute approximate surface area is 146 Å². The van der Waals surface area contributed by atoms with E-state index in [1.165, 1.54) is 31.4 Å². The van der Waals surface area contributed by atoms with Crippen LogP contribution in [0.3, 0.4) is 0 Å². The smallest absolute Gasteiger partial charge is 0.326 e. The number of halogens is 1. The third-order valence-electron chi connectivity index (χ3n) is 3.68. The minimum atomic E-state index is -3.93. The van der Waals surface area contributed by atoms with Crippen LogP contribution in [0.5, 0.6) is 0 Å². The van der Waals surface area contributed by atoms with Crippen molar-refractivity contribution in [3.63, 3.8) is 0 Å². The molecule has 0 saturated heterocycles. The molecule has 0 fully saturated rings. The van der Waals surface area contributed by atoms with Gasteiger partial charge >= 0.3 is 5.97 Å². The highest BCUT2D eigenvalue weighted by molar-refractivity contribution is 7.92. The molecule has 0 amide bonds. The number of carbonyl (C=O) groups is 1. The van der Waals surface area contributed by atoms with Gasteiger partial charge in [0.25, 0.3) is 10.0 Å². The summed E-state index contributed by atoms with van der Waals surface area (Å²) in [5, 5.41) is 0.430. The molecule has 7 heteroatoms. The Morgan fingerprint density at radius 2 is 1.71 bits per heavy atom. The van der Waals surface area contributed by atoms with Gasteiger partial charge in [-0.2, -0.15) is 0 Å². The lowest BCUT2D eigenvalue weighted by atomic mass is 10.1. The molecule has 0 aromatic heterocycles. The molecule has 0 N–H and O–H groups in total. The molecule has 0 atom stereocenters. The normalized spacial score (nSPS) is 11.2. The number of methoxy groups -OCH3 is 1. The van der Waals surface area contributed by atoms with Crippen molar-refractivity contribution in [3.8, 4) is 0 Å². The number of benzene rings is 2. The summed E-state index contributed by atoms with van der Waals surface area (Å²) in [7, 11) is -2.71. The Bertz CT molecular complexity index is 847. The molecule has 2 aromatic rings. The Balaban J connectivity index is 2.54. The molecule has 2 aromatic carbocycles. The molecule has 2 rings (SSSR count). The largest absolute Gasteiger partial charge is 0.468 e. The van der Waals surface area contributed by atoms with Crippen molar-refractivity contribution in [1.82, 2.24) is 0 Å². The van der Waals surface area contributed by atoms with E-state index in [2.05, 4.69) is 4.74 Å². The van der Waals surface area contributed by atoms with Gasteiger partial charge in [0.05, 0.1) is 17.7 Å². The highest BCUT2D eigenvalue weighted by Gasteiger charge is 2.27. The maximum atomic E-state index is 13.0. The third-order valence-corrected chi connectivity index (χ3v) is 5.72. The van der Waals surface area contributed by atoms with Crippen molar-refractivity contribution < 1.29 is 17.9 Å². The van der Waals surface area contributed by atoms with Gasteiger partial charge in [-0.05, 0) is 61.4 Å². The van der Waals surface area contributed by atoms with Gasteiger partial charge in [0, 0.05) is 5.02 Å². The minimum Gasteiger partial charge on any atom is -0.468 e. The molecule has 0 bridgehead atoms. The van der Waals surface area contributed by atoms with Crippen LogP contribution in [0, 0.1) is 13.8 Å². The molecule has 0 aliphatic rings. The average Bonchev–Trinajstić information content (AvgIpc) is 2.55. The van der Waals surface area contributed by atoms with E-state index in [9.17, 15) is 13.2 Å². The van der Waals surface area contributed by atoms with E-state index in [4.69, 9.17) is 11.6 Å². The molecule has 0 saturated carbocycles.